The third-order valence-corrected chi connectivity index (χ3v) is 17.5. The van der Waals surface area contributed by atoms with E-state index in [1.807, 2.05) is 0 Å². The van der Waals surface area contributed by atoms with E-state index in [-0.39, 0.29) is 57.1 Å². The Labute approximate surface area is 406 Å². The van der Waals surface area contributed by atoms with Crippen molar-refractivity contribution in [1.82, 2.24) is 31.1 Å². The van der Waals surface area contributed by atoms with Crippen LogP contribution in [0.5, 0.6) is 0 Å². The summed E-state index contributed by atoms with van der Waals surface area (Å²) in [6, 6.07) is 33.6. The van der Waals surface area contributed by atoms with Crippen LogP contribution >= 0.6 is 7.26 Å². The SMILES string of the molecule is CC(=O)N(O)CCCCCNC(=O)CCC(=O)N(O)CCCCCNC(=O)CCC(=O)N(O)CCCCCNCCCCCCCCCC[PH](c1ccccc1)(c1ccccc1)c1ccccc1. The van der Waals surface area contributed by atoms with E-state index in [0.29, 0.717) is 68.2 Å². The van der Waals surface area contributed by atoms with E-state index in [9.17, 15) is 39.6 Å². The van der Waals surface area contributed by atoms with Crippen LogP contribution in [-0.4, -0.2) is 112 Å². The molecule has 0 atom stereocenters. The molecule has 0 aromatic heterocycles. The Bertz CT molecular complexity index is 1750. The molecule has 0 spiro atoms. The molecule has 5 amide bonds. The number of hydroxylamine groups is 6. The summed E-state index contributed by atoms with van der Waals surface area (Å²) in [4.78, 5) is 59.7. The first-order valence-corrected chi connectivity index (χ1v) is 27.6. The Balaban J connectivity index is 1.10. The summed E-state index contributed by atoms with van der Waals surface area (Å²) >= 11 is 0. The average molecular weight is 963 g/mol. The molecule has 0 fully saturated rings. The van der Waals surface area contributed by atoms with E-state index in [0.717, 1.165) is 31.0 Å². The molecular formula is C53H83N6O8P. The Morgan fingerprint density at radius 1 is 0.412 bits per heavy atom. The fourth-order valence-electron chi connectivity index (χ4n) is 8.48. The van der Waals surface area contributed by atoms with Crippen LogP contribution in [0.25, 0.3) is 0 Å². The van der Waals surface area contributed by atoms with Gasteiger partial charge in [-0.15, -0.1) is 0 Å². The molecule has 0 aliphatic heterocycles. The predicted octanol–water partition coefficient (Wildman–Crippen LogP) is 7.40. The van der Waals surface area contributed by atoms with Crippen LogP contribution in [0.1, 0.15) is 142 Å². The first kappa shape index (κ1) is 57.6. The molecular weight excluding hydrogens is 880 g/mol. The Morgan fingerprint density at radius 2 is 0.735 bits per heavy atom. The number of amides is 5. The molecule has 15 heteroatoms. The molecule has 0 aliphatic carbocycles. The normalized spacial score (nSPS) is 11.5. The zero-order chi connectivity index (χ0) is 49.1. The van der Waals surface area contributed by atoms with Crippen molar-refractivity contribution >= 4 is 52.7 Å². The van der Waals surface area contributed by atoms with E-state index in [1.165, 1.54) is 80.4 Å². The Hall–Kier alpha value is -4.72. The molecule has 0 bridgehead atoms. The molecule has 0 saturated carbocycles. The van der Waals surface area contributed by atoms with Crippen molar-refractivity contribution in [3.05, 3.63) is 91.0 Å². The van der Waals surface area contributed by atoms with Crippen LogP contribution in [0.4, 0.5) is 0 Å². The van der Waals surface area contributed by atoms with Crippen molar-refractivity contribution in [3.8, 4) is 0 Å². The van der Waals surface area contributed by atoms with Crippen LogP contribution in [0.3, 0.4) is 0 Å². The fourth-order valence-corrected chi connectivity index (χ4v) is 13.4. The first-order chi connectivity index (χ1) is 33.0. The van der Waals surface area contributed by atoms with Crippen LogP contribution in [0.2, 0.25) is 0 Å². The number of rotatable bonds is 38. The van der Waals surface area contributed by atoms with Gasteiger partial charge in [0.1, 0.15) is 0 Å². The third kappa shape index (κ3) is 23.5. The van der Waals surface area contributed by atoms with Crippen LogP contribution in [0.15, 0.2) is 91.0 Å². The Kier molecular flexibility index (Phi) is 30.0. The number of benzene rings is 3. The third-order valence-electron chi connectivity index (χ3n) is 12.5. The summed E-state index contributed by atoms with van der Waals surface area (Å²) < 4.78 is 0. The van der Waals surface area contributed by atoms with Crippen molar-refractivity contribution in [1.29, 1.82) is 0 Å². The quantitative estimate of drug-likeness (QED) is 0.0147. The van der Waals surface area contributed by atoms with Crippen molar-refractivity contribution < 1.29 is 39.6 Å². The number of hydrogen-bond donors (Lipinski definition) is 6. The number of nitrogens with one attached hydrogen (secondary N) is 3. The van der Waals surface area contributed by atoms with Gasteiger partial charge in [-0.2, -0.15) is 0 Å². The minimum atomic E-state index is -2.13. The fraction of sp³-hybridized carbons (Fsp3) is 0.566. The number of hydrogen-bond acceptors (Lipinski definition) is 9. The van der Waals surface area contributed by atoms with Gasteiger partial charge in [0.05, 0.1) is 0 Å². The second-order valence-electron chi connectivity index (χ2n) is 17.9. The molecule has 3 aromatic carbocycles. The monoisotopic (exact) mass is 963 g/mol. The number of nitrogens with zero attached hydrogens (tertiary/aromatic N) is 3. The van der Waals surface area contributed by atoms with Crippen molar-refractivity contribution in [2.24, 2.45) is 0 Å². The Morgan fingerprint density at radius 3 is 1.12 bits per heavy atom. The standard InChI is InChI=1S/C53H83N6O8P/c1-46(60)57(65)42-24-12-22-40-55-50(61)35-37-53(64)59(67)44-26-13-23-41-56-51(62)34-36-52(63)58(66)43-25-11-21-39-54-38-20-6-4-2-3-5-7-27-45-68(47-28-14-8-15-29-47,48-30-16-9-17-31-48)49-32-18-10-19-33-49/h8-10,14-19,28-33,54,65-68H,2-7,11-13,20-27,34-45H2,1H3,(H,55,61)(H,56,62). The van der Waals surface area contributed by atoms with Crippen molar-refractivity contribution in [2.45, 2.75) is 142 Å². The summed E-state index contributed by atoms with van der Waals surface area (Å²) in [6.45, 7) is 4.59. The van der Waals surface area contributed by atoms with Gasteiger partial charge in [-0.3, -0.25) is 39.6 Å². The van der Waals surface area contributed by atoms with Gasteiger partial charge in [0.2, 0.25) is 29.5 Å². The van der Waals surface area contributed by atoms with Crippen molar-refractivity contribution in [3.63, 3.8) is 0 Å². The number of carbonyl (C=O) groups excluding carboxylic acids is 5. The van der Waals surface area contributed by atoms with Crippen LogP contribution in [0, 0.1) is 0 Å². The molecule has 14 nitrogen and oxygen atoms in total. The molecule has 0 unspecified atom stereocenters. The number of unbranched alkanes of at least 4 members (excludes halogenated alkanes) is 13. The van der Waals surface area contributed by atoms with E-state index in [2.05, 4.69) is 107 Å². The minimum absolute atomic E-state index is 0.0166. The van der Waals surface area contributed by atoms with Gasteiger partial charge in [0.15, 0.2) is 0 Å². The second kappa shape index (κ2) is 35.4. The van der Waals surface area contributed by atoms with Gasteiger partial charge in [-0.25, -0.2) is 15.2 Å². The summed E-state index contributed by atoms with van der Waals surface area (Å²) in [5.74, 6) is -2.01. The van der Waals surface area contributed by atoms with Crippen LogP contribution < -0.4 is 31.9 Å². The van der Waals surface area contributed by atoms with Gasteiger partial charge in [0, 0.05) is 65.3 Å². The molecule has 0 radical (unpaired) electrons. The summed E-state index contributed by atoms with van der Waals surface area (Å²) in [7, 11) is -2.13. The molecule has 378 valence electrons. The molecule has 3 rings (SSSR count). The average Bonchev–Trinajstić information content (AvgIpc) is 3.36. The predicted molar refractivity (Wildman–Crippen MR) is 273 cm³/mol. The van der Waals surface area contributed by atoms with E-state index < -0.39 is 25.0 Å². The summed E-state index contributed by atoms with van der Waals surface area (Å²) in [5.41, 5.74) is 0. The van der Waals surface area contributed by atoms with Gasteiger partial charge >= 0.3 is 190 Å². The topological polar surface area (TPSA) is 192 Å². The van der Waals surface area contributed by atoms with Gasteiger partial charge in [0.25, 0.3) is 0 Å². The molecule has 6 N–H and O–H groups in total. The molecule has 0 saturated heterocycles. The molecule has 68 heavy (non-hydrogen) atoms. The molecule has 0 aliphatic rings. The van der Waals surface area contributed by atoms with Gasteiger partial charge in [-0.05, 0) is 51.4 Å². The van der Waals surface area contributed by atoms with E-state index in [1.54, 1.807) is 0 Å². The van der Waals surface area contributed by atoms with E-state index >= 15 is 0 Å². The molecule has 0 heterocycles. The summed E-state index contributed by atoms with van der Waals surface area (Å²) in [5, 5.41) is 45.0. The van der Waals surface area contributed by atoms with Crippen molar-refractivity contribution in [2.75, 3.05) is 52.0 Å². The van der Waals surface area contributed by atoms with Gasteiger partial charge in [-0.1, -0.05) is 6.42 Å². The number of carbonyl (C=O) groups is 5. The van der Waals surface area contributed by atoms with Crippen LogP contribution in [-0.2, 0) is 24.0 Å². The van der Waals surface area contributed by atoms with Gasteiger partial charge < -0.3 is 10.6 Å². The maximum atomic E-state index is 12.3. The zero-order valence-electron chi connectivity index (χ0n) is 40.9. The summed E-state index contributed by atoms with van der Waals surface area (Å²) in [6.07, 6.45) is 17.3. The molecule has 3 aromatic rings. The van der Waals surface area contributed by atoms with E-state index in [4.69, 9.17) is 0 Å². The first-order valence-electron chi connectivity index (χ1n) is 25.4. The maximum absolute atomic E-state index is 12.3. The second-order valence-corrected chi connectivity index (χ2v) is 21.9. The zero-order valence-corrected chi connectivity index (χ0v) is 41.9.